The van der Waals surface area contributed by atoms with E-state index in [1.54, 1.807) is 18.2 Å². The summed E-state index contributed by atoms with van der Waals surface area (Å²) >= 11 is 0. The Kier molecular flexibility index (Phi) is 4.83. The monoisotopic (exact) mass is 292 g/mol. The Labute approximate surface area is 123 Å². The Bertz CT molecular complexity index is 537. The average Bonchev–Trinajstić information content (AvgIpc) is 2.53. The third kappa shape index (κ3) is 3.17. The minimum absolute atomic E-state index is 0.122. The van der Waals surface area contributed by atoms with Gasteiger partial charge in [-0.1, -0.05) is 12.8 Å². The first kappa shape index (κ1) is 15.4. The highest BCUT2D eigenvalue weighted by atomic mass is 16.5. The average molecular weight is 292 g/mol. The topological polar surface area (TPSA) is 72.8 Å². The van der Waals surface area contributed by atoms with Crippen molar-refractivity contribution in [2.45, 2.75) is 25.7 Å². The lowest BCUT2D eigenvalue weighted by Crippen LogP contribution is -2.32. The minimum atomic E-state index is -0.881. The molecule has 0 radical (unpaired) electrons. The number of ketones is 1. The van der Waals surface area contributed by atoms with Gasteiger partial charge in [0.25, 0.3) is 0 Å². The first-order valence-corrected chi connectivity index (χ1v) is 7.07. The van der Waals surface area contributed by atoms with Crippen LogP contribution in [-0.4, -0.2) is 31.1 Å². The van der Waals surface area contributed by atoms with Gasteiger partial charge in [-0.2, -0.15) is 0 Å². The molecule has 1 aromatic rings. The van der Waals surface area contributed by atoms with E-state index in [1.165, 1.54) is 14.2 Å². The first-order chi connectivity index (χ1) is 10.1. The molecule has 0 aromatic heterocycles. The highest BCUT2D eigenvalue weighted by molar-refractivity contribution is 6.00. The number of carboxylic acids is 1. The van der Waals surface area contributed by atoms with Crippen molar-refractivity contribution in [2.75, 3.05) is 14.2 Å². The molecule has 1 saturated carbocycles. The molecule has 0 amide bonds. The summed E-state index contributed by atoms with van der Waals surface area (Å²) in [5, 5.41) is 9.29. The normalized spacial score (nSPS) is 21.6. The van der Waals surface area contributed by atoms with Gasteiger partial charge in [0.15, 0.2) is 17.3 Å². The third-order valence-electron chi connectivity index (χ3n) is 4.09. The van der Waals surface area contributed by atoms with Crippen molar-refractivity contribution in [3.8, 4) is 11.5 Å². The summed E-state index contributed by atoms with van der Waals surface area (Å²) in [6.07, 6.45) is 2.96. The fourth-order valence-corrected chi connectivity index (χ4v) is 2.94. The molecule has 1 fully saturated rings. The van der Waals surface area contributed by atoms with Gasteiger partial charge in [-0.3, -0.25) is 9.59 Å². The molecule has 2 atom stereocenters. The number of hydrogen-bond donors (Lipinski definition) is 1. The van der Waals surface area contributed by atoms with E-state index >= 15 is 0 Å². The third-order valence-corrected chi connectivity index (χ3v) is 4.09. The van der Waals surface area contributed by atoms with Crippen LogP contribution >= 0.6 is 0 Å². The quantitative estimate of drug-likeness (QED) is 0.845. The highest BCUT2D eigenvalue weighted by Crippen LogP contribution is 2.35. The van der Waals surface area contributed by atoms with Crippen LogP contribution in [0.25, 0.3) is 0 Å². The lowest BCUT2D eigenvalue weighted by Gasteiger charge is -2.27. The van der Waals surface area contributed by atoms with E-state index in [4.69, 9.17) is 9.47 Å². The number of methoxy groups -OCH3 is 2. The summed E-state index contributed by atoms with van der Waals surface area (Å²) in [5.41, 5.74) is 0.478. The Hall–Kier alpha value is -2.04. The number of carbonyl (C=O) groups is 2. The van der Waals surface area contributed by atoms with Gasteiger partial charge in [0.05, 0.1) is 20.1 Å². The summed E-state index contributed by atoms with van der Waals surface area (Å²) in [6.45, 7) is 0. The maximum atomic E-state index is 12.6. The number of carboxylic acid groups (broad SMARTS) is 1. The molecule has 0 spiro atoms. The number of hydrogen-bond acceptors (Lipinski definition) is 4. The molecular formula is C16H20O5. The Morgan fingerprint density at radius 3 is 2.24 bits per heavy atom. The van der Waals surface area contributed by atoms with Crippen LogP contribution in [0.3, 0.4) is 0 Å². The molecule has 1 aromatic carbocycles. The predicted molar refractivity (Wildman–Crippen MR) is 77.0 cm³/mol. The van der Waals surface area contributed by atoms with Crippen LogP contribution < -0.4 is 9.47 Å². The first-order valence-electron chi connectivity index (χ1n) is 7.07. The SMILES string of the molecule is COc1ccc(C(=O)[C@@H]2CCCC[C@H]2C(=O)O)cc1OC. The van der Waals surface area contributed by atoms with Crippen LogP contribution in [0, 0.1) is 11.8 Å². The van der Waals surface area contributed by atoms with Crippen LogP contribution in [-0.2, 0) is 4.79 Å². The summed E-state index contributed by atoms with van der Waals surface area (Å²) in [4.78, 5) is 23.9. The van der Waals surface area contributed by atoms with Crippen LogP contribution in [0.5, 0.6) is 11.5 Å². The van der Waals surface area contributed by atoms with Gasteiger partial charge < -0.3 is 14.6 Å². The lowest BCUT2D eigenvalue weighted by molar-refractivity contribution is -0.144. The second kappa shape index (κ2) is 6.61. The van der Waals surface area contributed by atoms with E-state index in [-0.39, 0.29) is 5.78 Å². The fourth-order valence-electron chi connectivity index (χ4n) is 2.94. The Balaban J connectivity index is 2.28. The van der Waals surface area contributed by atoms with Gasteiger partial charge in [0.2, 0.25) is 0 Å². The molecule has 0 aliphatic heterocycles. The molecule has 5 nitrogen and oxygen atoms in total. The highest BCUT2D eigenvalue weighted by Gasteiger charge is 2.36. The molecule has 1 N–H and O–H groups in total. The van der Waals surface area contributed by atoms with Gasteiger partial charge in [0.1, 0.15) is 0 Å². The van der Waals surface area contributed by atoms with E-state index in [9.17, 15) is 14.7 Å². The van der Waals surface area contributed by atoms with Gasteiger partial charge in [-0.15, -0.1) is 0 Å². The van der Waals surface area contributed by atoms with Crippen LogP contribution in [0.15, 0.2) is 18.2 Å². The zero-order valence-electron chi connectivity index (χ0n) is 12.3. The second-order valence-corrected chi connectivity index (χ2v) is 5.27. The molecule has 0 saturated heterocycles. The van der Waals surface area contributed by atoms with Gasteiger partial charge >= 0.3 is 5.97 Å². The lowest BCUT2D eigenvalue weighted by atomic mass is 9.75. The summed E-state index contributed by atoms with van der Waals surface area (Å²) in [6, 6.07) is 4.95. The number of ether oxygens (including phenoxy) is 2. The van der Waals surface area contributed by atoms with E-state index in [0.717, 1.165) is 12.8 Å². The van der Waals surface area contributed by atoms with Crippen molar-refractivity contribution in [1.29, 1.82) is 0 Å². The molecule has 5 heteroatoms. The Morgan fingerprint density at radius 2 is 1.67 bits per heavy atom. The number of benzene rings is 1. The van der Waals surface area contributed by atoms with Gasteiger partial charge in [-0.25, -0.2) is 0 Å². The maximum Gasteiger partial charge on any atom is 0.307 e. The van der Waals surface area contributed by atoms with Crippen molar-refractivity contribution in [1.82, 2.24) is 0 Å². The van der Waals surface area contributed by atoms with Crippen LogP contribution in [0.4, 0.5) is 0 Å². The number of rotatable bonds is 5. The molecule has 0 bridgehead atoms. The van der Waals surface area contributed by atoms with E-state index in [1.807, 2.05) is 0 Å². The number of Topliss-reactive ketones (excluding diaryl/α,β-unsaturated/α-hetero) is 1. The van der Waals surface area contributed by atoms with Crippen molar-refractivity contribution < 1.29 is 24.2 Å². The zero-order chi connectivity index (χ0) is 15.4. The predicted octanol–water partition coefficient (Wildman–Crippen LogP) is 2.78. The molecule has 21 heavy (non-hydrogen) atoms. The van der Waals surface area contributed by atoms with E-state index < -0.39 is 17.8 Å². The summed E-state index contributed by atoms with van der Waals surface area (Å²) in [7, 11) is 3.04. The van der Waals surface area contributed by atoms with E-state index in [0.29, 0.717) is 29.9 Å². The maximum absolute atomic E-state index is 12.6. The van der Waals surface area contributed by atoms with Crippen LogP contribution in [0.1, 0.15) is 36.0 Å². The molecule has 0 heterocycles. The van der Waals surface area contributed by atoms with Crippen molar-refractivity contribution in [3.63, 3.8) is 0 Å². The smallest absolute Gasteiger partial charge is 0.307 e. The summed E-state index contributed by atoms with van der Waals surface area (Å²) < 4.78 is 10.3. The second-order valence-electron chi connectivity index (χ2n) is 5.27. The summed E-state index contributed by atoms with van der Waals surface area (Å²) in [5.74, 6) is -1.01. The van der Waals surface area contributed by atoms with Crippen molar-refractivity contribution in [2.24, 2.45) is 11.8 Å². The van der Waals surface area contributed by atoms with Crippen molar-refractivity contribution >= 4 is 11.8 Å². The minimum Gasteiger partial charge on any atom is -0.493 e. The molecule has 2 rings (SSSR count). The molecule has 114 valence electrons. The Morgan fingerprint density at radius 1 is 1.05 bits per heavy atom. The zero-order valence-corrected chi connectivity index (χ0v) is 12.3. The number of carbonyl (C=O) groups excluding carboxylic acids is 1. The largest absolute Gasteiger partial charge is 0.493 e. The van der Waals surface area contributed by atoms with Gasteiger partial charge in [-0.05, 0) is 31.0 Å². The molecule has 1 aliphatic rings. The fraction of sp³-hybridized carbons (Fsp3) is 0.500. The molecular weight excluding hydrogens is 272 g/mol. The number of aliphatic carboxylic acids is 1. The van der Waals surface area contributed by atoms with Crippen LogP contribution in [0.2, 0.25) is 0 Å². The van der Waals surface area contributed by atoms with E-state index in [2.05, 4.69) is 0 Å². The molecule has 0 unspecified atom stereocenters. The van der Waals surface area contributed by atoms with Crippen molar-refractivity contribution in [3.05, 3.63) is 23.8 Å². The van der Waals surface area contributed by atoms with Gasteiger partial charge in [0, 0.05) is 11.5 Å². The molecule has 1 aliphatic carbocycles. The standard InChI is InChI=1S/C16H20O5/c1-20-13-8-7-10(9-14(13)21-2)15(17)11-5-3-4-6-12(11)16(18)19/h7-9,11-12H,3-6H2,1-2H3,(H,18,19)/t11-,12-/m1/s1.